The van der Waals surface area contributed by atoms with Crippen LogP contribution in [0.4, 0.5) is 5.69 Å². The molecule has 0 aliphatic carbocycles. The van der Waals surface area contributed by atoms with Gasteiger partial charge in [0.1, 0.15) is 0 Å². The number of aryl methyl sites for hydroxylation is 1. The molecule has 6 heteroatoms. The molecule has 0 saturated carbocycles. The number of thioether (sulfide) groups is 1. The number of carbonyl (C=O) groups excluding carboxylic acids is 1. The minimum atomic E-state index is -0.148. The number of carbonyl (C=O) groups is 1. The van der Waals surface area contributed by atoms with Gasteiger partial charge in [0.05, 0.1) is 21.5 Å². The monoisotopic (exact) mass is 373 g/mol. The molecule has 2 nitrogen and oxygen atoms in total. The first-order valence-electron chi connectivity index (χ1n) is 6.54. The Morgan fingerprint density at radius 3 is 2.41 bits per heavy atom. The second-order valence-electron chi connectivity index (χ2n) is 4.71. The van der Waals surface area contributed by atoms with Crippen LogP contribution in [-0.4, -0.2) is 11.7 Å². The van der Waals surface area contributed by atoms with Crippen LogP contribution in [0.25, 0.3) is 0 Å². The zero-order valence-electron chi connectivity index (χ0n) is 11.8. The van der Waals surface area contributed by atoms with E-state index < -0.39 is 0 Å². The summed E-state index contributed by atoms with van der Waals surface area (Å²) in [5, 5.41) is 3.81. The van der Waals surface area contributed by atoms with E-state index in [1.54, 1.807) is 12.1 Å². The van der Waals surface area contributed by atoms with Gasteiger partial charge in [-0.3, -0.25) is 4.79 Å². The largest absolute Gasteiger partial charge is 0.323 e. The summed E-state index contributed by atoms with van der Waals surface area (Å²) in [6.07, 6.45) is 0. The van der Waals surface area contributed by atoms with Crippen molar-refractivity contribution in [2.75, 3.05) is 11.1 Å². The van der Waals surface area contributed by atoms with Crippen molar-refractivity contribution in [3.05, 3.63) is 62.6 Å². The number of anilines is 1. The summed E-state index contributed by atoms with van der Waals surface area (Å²) in [7, 11) is 0. The summed E-state index contributed by atoms with van der Waals surface area (Å²) in [6.45, 7) is 2.06. The first-order valence-corrected chi connectivity index (χ1v) is 8.83. The standard InChI is InChI=1S/C16H14Cl3NOS/c1-10-4-2-3-5-11(10)8-22-9-15(21)20-16-13(18)6-12(17)7-14(16)19/h2-7H,8-9H2,1H3,(H,20,21). The first-order chi connectivity index (χ1) is 10.5. The Morgan fingerprint density at radius 1 is 1.14 bits per heavy atom. The van der Waals surface area contributed by atoms with Crippen molar-refractivity contribution in [3.8, 4) is 0 Å². The zero-order chi connectivity index (χ0) is 16.1. The van der Waals surface area contributed by atoms with E-state index in [-0.39, 0.29) is 5.91 Å². The van der Waals surface area contributed by atoms with Gasteiger partial charge in [-0.1, -0.05) is 59.1 Å². The lowest BCUT2D eigenvalue weighted by atomic mass is 10.1. The highest BCUT2D eigenvalue weighted by molar-refractivity contribution is 7.99. The van der Waals surface area contributed by atoms with Crippen LogP contribution >= 0.6 is 46.6 Å². The van der Waals surface area contributed by atoms with E-state index in [1.165, 1.54) is 22.9 Å². The van der Waals surface area contributed by atoms with Crippen molar-refractivity contribution in [1.29, 1.82) is 0 Å². The minimum Gasteiger partial charge on any atom is -0.323 e. The second-order valence-corrected chi connectivity index (χ2v) is 6.95. The van der Waals surface area contributed by atoms with E-state index in [0.717, 1.165) is 5.75 Å². The maximum atomic E-state index is 12.0. The number of halogens is 3. The summed E-state index contributed by atoms with van der Waals surface area (Å²) in [5.74, 6) is 0.955. The number of hydrogen-bond acceptors (Lipinski definition) is 2. The van der Waals surface area contributed by atoms with Gasteiger partial charge in [-0.15, -0.1) is 11.8 Å². The molecule has 0 spiro atoms. The van der Waals surface area contributed by atoms with Gasteiger partial charge in [0, 0.05) is 10.8 Å². The van der Waals surface area contributed by atoms with Crippen LogP contribution in [0, 0.1) is 6.92 Å². The number of amides is 1. The van der Waals surface area contributed by atoms with Gasteiger partial charge in [-0.25, -0.2) is 0 Å². The Morgan fingerprint density at radius 2 is 1.77 bits per heavy atom. The third kappa shape index (κ3) is 4.82. The fourth-order valence-electron chi connectivity index (χ4n) is 1.86. The van der Waals surface area contributed by atoms with Crippen molar-refractivity contribution in [3.63, 3.8) is 0 Å². The lowest BCUT2D eigenvalue weighted by Crippen LogP contribution is -2.15. The molecule has 1 amide bonds. The Hall–Kier alpha value is -0.870. The molecule has 0 atom stereocenters. The SMILES string of the molecule is Cc1ccccc1CSCC(=O)Nc1c(Cl)cc(Cl)cc1Cl. The van der Waals surface area contributed by atoms with E-state index in [1.807, 2.05) is 12.1 Å². The van der Waals surface area contributed by atoms with E-state index in [9.17, 15) is 4.79 Å². The van der Waals surface area contributed by atoms with Crippen LogP contribution in [0.15, 0.2) is 36.4 Å². The van der Waals surface area contributed by atoms with Crippen LogP contribution in [-0.2, 0) is 10.5 Å². The smallest absolute Gasteiger partial charge is 0.234 e. The quantitative estimate of drug-likeness (QED) is 0.713. The van der Waals surface area contributed by atoms with Crippen molar-refractivity contribution >= 4 is 58.2 Å². The highest BCUT2D eigenvalue weighted by Gasteiger charge is 2.11. The van der Waals surface area contributed by atoms with Gasteiger partial charge in [0.25, 0.3) is 0 Å². The Balaban J connectivity index is 1.90. The van der Waals surface area contributed by atoms with Crippen molar-refractivity contribution < 1.29 is 4.79 Å². The number of rotatable bonds is 5. The molecule has 0 radical (unpaired) electrons. The predicted octanol–water partition coefficient (Wildman–Crippen LogP) is 5.83. The molecular formula is C16H14Cl3NOS. The highest BCUT2D eigenvalue weighted by atomic mass is 35.5. The Kier molecular flexibility index (Phi) is 6.45. The molecule has 0 aliphatic heterocycles. The summed E-state index contributed by atoms with van der Waals surface area (Å²) in [6, 6.07) is 11.2. The molecule has 1 N–H and O–H groups in total. The average molecular weight is 375 g/mol. The van der Waals surface area contributed by atoms with E-state index in [0.29, 0.717) is 26.5 Å². The van der Waals surface area contributed by atoms with E-state index in [2.05, 4.69) is 24.4 Å². The van der Waals surface area contributed by atoms with Crippen LogP contribution in [0.1, 0.15) is 11.1 Å². The van der Waals surface area contributed by atoms with Crippen molar-refractivity contribution in [1.82, 2.24) is 0 Å². The number of nitrogens with one attached hydrogen (secondary N) is 1. The summed E-state index contributed by atoms with van der Waals surface area (Å²) < 4.78 is 0. The Bertz CT molecular complexity index is 668. The lowest BCUT2D eigenvalue weighted by molar-refractivity contribution is -0.113. The van der Waals surface area contributed by atoms with E-state index in [4.69, 9.17) is 34.8 Å². The number of benzene rings is 2. The molecule has 0 saturated heterocycles. The predicted molar refractivity (Wildman–Crippen MR) is 97.4 cm³/mol. The first kappa shape index (κ1) is 17.5. The fourth-order valence-corrected chi connectivity index (χ4v) is 3.68. The lowest BCUT2D eigenvalue weighted by Gasteiger charge is -2.10. The van der Waals surface area contributed by atoms with Gasteiger partial charge in [0.2, 0.25) is 5.91 Å². The second kappa shape index (κ2) is 8.11. The third-order valence-corrected chi connectivity index (χ3v) is 4.82. The summed E-state index contributed by atoms with van der Waals surface area (Å²) in [5.41, 5.74) is 2.84. The molecule has 2 rings (SSSR count). The van der Waals surface area contributed by atoms with Crippen LogP contribution in [0.3, 0.4) is 0 Å². The topological polar surface area (TPSA) is 29.1 Å². The van der Waals surface area contributed by atoms with E-state index >= 15 is 0 Å². The van der Waals surface area contributed by atoms with Gasteiger partial charge >= 0.3 is 0 Å². The summed E-state index contributed by atoms with van der Waals surface area (Å²) >= 11 is 19.5. The highest BCUT2D eigenvalue weighted by Crippen LogP contribution is 2.33. The molecule has 116 valence electrons. The molecule has 22 heavy (non-hydrogen) atoms. The molecule has 2 aromatic carbocycles. The maximum Gasteiger partial charge on any atom is 0.234 e. The Labute approximate surface area is 149 Å². The number of hydrogen-bond donors (Lipinski definition) is 1. The molecule has 0 aromatic heterocycles. The molecular weight excluding hydrogens is 361 g/mol. The molecule has 0 bridgehead atoms. The van der Waals surface area contributed by atoms with Crippen molar-refractivity contribution in [2.24, 2.45) is 0 Å². The average Bonchev–Trinajstić information content (AvgIpc) is 2.45. The third-order valence-electron chi connectivity index (χ3n) is 3.02. The van der Waals surface area contributed by atoms with Crippen molar-refractivity contribution in [2.45, 2.75) is 12.7 Å². The molecule has 0 fully saturated rings. The van der Waals surface area contributed by atoms with Crippen LogP contribution in [0.2, 0.25) is 15.1 Å². The minimum absolute atomic E-state index is 0.148. The normalized spacial score (nSPS) is 10.5. The fraction of sp³-hybridized carbons (Fsp3) is 0.188. The van der Waals surface area contributed by atoms with Gasteiger partial charge in [0.15, 0.2) is 0 Å². The van der Waals surface area contributed by atoms with Gasteiger partial charge in [-0.2, -0.15) is 0 Å². The van der Waals surface area contributed by atoms with Crippen LogP contribution < -0.4 is 5.32 Å². The van der Waals surface area contributed by atoms with Gasteiger partial charge in [-0.05, 0) is 30.2 Å². The zero-order valence-corrected chi connectivity index (χ0v) is 14.9. The summed E-state index contributed by atoms with van der Waals surface area (Å²) in [4.78, 5) is 12.0. The molecule has 0 heterocycles. The molecule has 0 unspecified atom stereocenters. The van der Waals surface area contributed by atoms with Crippen LogP contribution in [0.5, 0.6) is 0 Å². The maximum absolute atomic E-state index is 12.0. The van der Waals surface area contributed by atoms with Gasteiger partial charge < -0.3 is 5.32 Å². The molecule has 0 aliphatic rings. The molecule has 2 aromatic rings.